The number of aryl methyl sites for hydroxylation is 1. The average molecular weight is 281 g/mol. The van der Waals surface area contributed by atoms with Gasteiger partial charge in [-0.25, -0.2) is 13.1 Å². The largest absolute Gasteiger partial charge is 0.398 e. The van der Waals surface area contributed by atoms with Gasteiger partial charge in [-0.2, -0.15) is 0 Å². The topological polar surface area (TPSA) is 98.2 Å². The number of rotatable bonds is 4. The van der Waals surface area contributed by atoms with Gasteiger partial charge < -0.3 is 10.3 Å². The molecule has 1 aromatic heterocycles. The van der Waals surface area contributed by atoms with E-state index in [1.54, 1.807) is 32.0 Å². The molecule has 7 heteroatoms. The van der Waals surface area contributed by atoms with Crippen molar-refractivity contribution < 1.29 is 12.9 Å². The van der Waals surface area contributed by atoms with Gasteiger partial charge in [-0.05, 0) is 31.0 Å². The number of nitrogens with one attached hydrogen (secondary N) is 1. The van der Waals surface area contributed by atoms with E-state index in [-0.39, 0.29) is 11.4 Å². The van der Waals surface area contributed by atoms with Crippen LogP contribution in [-0.4, -0.2) is 13.6 Å². The van der Waals surface area contributed by atoms with Crippen LogP contribution in [0.2, 0.25) is 0 Å². The molecule has 6 nitrogen and oxygen atoms in total. The maximum absolute atomic E-state index is 12.3. The van der Waals surface area contributed by atoms with Crippen molar-refractivity contribution in [2.75, 3.05) is 5.73 Å². The molecule has 3 N–H and O–H groups in total. The molecule has 19 heavy (non-hydrogen) atoms. The molecule has 1 heterocycles. The third kappa shape index (κ3) is 2.77. The highest BCUT2D eigenvalue weighted by Gasteiger charge is 2.20. The molecule has 0 aliphatic carbocycles. The van der Waals surface area contributed by atoms with E-state index in [2.05, 4.69) is 14.4 Å². The van der Waals surface area contributed by atoms with Crippen molar-refractivity contribution in [3.8, 4) is 0 Å². The maximum Gasteiger partial charge on any atom is 0.241 e. The lowest BCUT2D eigenvalue weighted by Crippen LogP contribution is -2.25. The second-order valence-electron chi connectivity index (χ2n) is 4.24. The van der Waals surface area contributed by atoms with Crippen LogP contribution < -0.4 is 10.5 Å². The molecule has 0 amide bonds. The summed E-state index contributed by atoms with van der Waals surface area (Å²) in [5, 5.41) is 3.65. The van der Waals surface area contributed by atoms with Gasteiger partial charge in [0.05, 0.1) is 17.1 Å². The van der Waals surface area contributed by atoms with Crippen molar-refractivity contribution in [1.29, 1.82) is 0 Å². The monoisotopic (exact) mass is 281 g/mol. The number of hydrogen-bond acceptors (Lipinski definition) is 5. The predicted molar refractivity (Wildman–Crippen MR) is 70.9 cm³/mol. The van der Waals surface area contributed by atoms with Crippen molar-refractivity contribution in [3.63, 3.8) is 0 Å². The normalized spacial score (nSPS) is 11.7. The van der Waals surface area contributed by atoms with E-state index in [9.17, 15) is 8.42 Å². The lowest BCUT2D eigenvalue weighted by Gasteiger charge is -2.13. The molecule has 0 aliphatic heterocycles. The first kappa shape index (κ1) is 13.6. The first-order valence-corrected chi connectivity index (χ1v) is 7.15. The first-order valence-electron chi connectivity index (χ1n) is 5.66. The molecular formula is C12H15N3O3S. The Morgan fingerprint density at radius 3 is 2.68 bits per heavy atom. The van der Waals surface area contributed by atoms with Crippen molar-refractivity contribution in [2.24, 2.45) is 0 Å². The Morgan fingerprint density at radius 1 is 1.32 bits per heavy atom. The van der Waals surface area contributed by atoms with E-state index in [0.29, 0.717) is 22.5 Å². The number of hydrogen-bond donors (Lipinski definition) is 2. The van der Waals surface area contributed by atoms with E-state index in [1.807, 2.05) is 0 Å². The number of nitrogens with two attached hydrogens (primary N) is 1. The highest BCUT2D eigenvalue weighted by Crippen LogP contribution is 2.24. The molecule has 2 aromatic rings. The predicted octanol–water partition coefficient (Wildman–Crippen LogP) is 1.35. The van der Waals surface area contributed by atoms with E-state index in [1.165, 1.54) is 6.26 Å². The van der Waals surface area contributed by atoms with Gasteiger partial charge in [-0.15, -0.1) is 0 Å². The van der Waals surface area contributed by atoms with Gasteiger partial charge >= 0.3 is 0 Å². The second-order valence-corrected chi connectivity index (χ2v) is 5.94. The summed E-state index contributed by atoms with van der Waals surface area (Å²) in [6.07, 6.45) is 1.39. The van der Waals surface area contributed by atoms with Crippen LogP contribution in [0.25, 0.3) is 0 Å². The Hall–Kier alpha value is -1.86. The summed E-state index contributed by atoms with van der Waals surface area (Å²) in [7, 11) is -3.63. The highest BCUT2D eigenvalue weighted by molar-refractivity contribution is 7.89. The minimum atomic E-state index is -3.63. The minimum Gasteiger partial charge on any atom is -0.398 e. The molecule has 0 radical (unpaired) electrons. The molecule has 102 valence electrons. The lowest BCUT2D eigenvalue weighted by molar-refractivity contribution is 0.411. The summed E-state index contributed by atoms with van der Waals surface area (Å²) >= 11 is 0. The summed E-state index contributed by atoms with van der Waals surface area (Å²) in [5.41, 5.74) is 7.93. The molecule has 0 fully saturated rings. The van der Waals surface area contributed by atoms with Gasteiger partial charge in [0.15, 0.2) is 0 Å². The van der Waals surface area contributed by atoms with Gasteiger partial charge in [-0.3, -0.25) is 0 Å². The Kier molecular flexibility index (Phi) is 3.59. The molecule has 0 saturated heterocycles. The Balaban J connectivity index is 2.32. The van der Waals surface area contributed by atoms with Crippen LogP contribution in [0.5, 0.6) is 0 Å². The Bertz CT molecular complexity index is 678. The van der Waals surface area contributed by atoms with Crippen LogP contribution in [0.15, 0.2) is 33.9 Å². The van der Waals surface area contributed by atoms with Crippen molar-refractivity contribution >= 4 is 15.7 Å². The summed E-state index contributed by atoms with van der Waals surface area (Å²) in [6, 6.07) is 4.98. The molecule has 1 aromatic carbocycles. The van der Waals surface area contributed by atoms with E-state index < -0.39 is 10.0 Å². The molecule has 0 spiro atoms. The van der Waals surface area contributed by atoms with Crippen molar-refractivity contribution in [2.45, 2.75) is 25.3 Å². The number of anilines is 1. The van der Waals surface area contributed by atoms with Gasteiger partial charge in [0.25, 0.3) is 0 Å². The number of benzene rings is 1. The minimum absolute atomic E-state index is 0.0759. The van der Waals surface area contributed by atoms with Gasteiger partial charge in [0.2, 0.25) is 10.0 Å². The van der Waals surface area contributed by atoms with Gasteiger partial charge in [0, 0.05) is 11.8 Å². The van der Waals surface area contributed by atoms with Crippen molar-refractivity contribution in [3.05, 3.63) is 41.3 Å². The molecule has 0 atom stereocenters. The van der Waals surface area contributed by atoms with Crippen LogP contribution in [0.1, 0.15) is 16.8 Å². The lowest BCUT2D eigenvalue weighted by atomic mass is 10.1. The fourth-order valence-electron chi connectivity index (χ4n) is 1.83. The smallest absolute Gasteiger partial charge is 0.241 e. The zero-order chi connectivity index (χ0) is 14.0. The second kappa shape index (κ2) is 5.02. The first-order chi connectivity index (χ1) is 8.92. The number of nitrogens with zero attached hydrogens (tertiary/aromatic N) is 1. The number of aromatic nitrogens is 1. The van der Waals surface area contributed by atoms with Crippen LogP contribution in [0, 0.1) is 13.8 Å². The molecule has 0 bridgehead atoms. The quantitative estimate of drug-likeness (QED) is 0.824. The van der Waals surface area contributed by atoms with Crippen molar-refractivity contribution in [1.82, 2.24) is 9.88 Å². The zero-order valence-electron chi connectivity index (χ0n) is 10.7. The van der Waals surface area contributed by atoms with Crippen LogP contribution in [-0.2, 0) is 16.6 Å². The molecule has 0 aliphatic rings. The van der Waals surface area contributed by atoms with Gasteiger partial charge in [-0.1, -0.05) is 11.2 Å². The Morgan fingerprint density at radius 2 is 2.05 bits per heavy atom. The summed E-state index contributed by atoms with van der Waals surface area (Å²) in [4.78, 5) is 0.219. The third-order valence-electron chi connectivity index (χ3n) is 2.85. The molecular weight excluding hydrogens is 266 g/mol. The standard InChI is InChI=1S/C12H15N3O3S/c1-8-3-4-11(13)9(2)12(8)19(16,17)14-7-10-5-6-18-15-10/h3-6,14H,7,13H2,1-2H3. The summed E-state index contributed by atoms with van der Waals surface area (Å²) < 4.78 is 31.7. The zero-order valence-corrected chi connectivity index (χ0v) is 11.5. The highest BCUT2D eigenvalue weighted by atomic mass is 32.2. The summed E-state index contributed by atoms with van der Waals surface area (Å²) in [6.45, 7) is 3.50. The molecule has 2 rings (SSSR count). The average Bonchev–Trinajstić information content (AvgIpc) is 2.85. The van der Waals surface area contributed by atoms with Gasteiger partial charge in [0.1, 0.15) is 6.26 Å². The Labute approximate surface area is 111 Å². The third-order valence-corrected chi connectivity index (χ3v) is 4.54. The van der Waals surface area contributed by atoms with Crippen LogP contribution in [0.3, 0.4) is 0 Å². The molecule has 0 unspecified atom stereocenters. The SMILES string of the molecule is Cc1ccc(N)c(C)c1S(=O)(=O)NCc1ccon1. The summed E-state index contributed by atoms with van der Waals surface area (Å²) in [5.74, 6) is 0. The van der Waals surface area contributed by atoms with E-state index >= 15 is 0 Å². The maximum atomic E-state index is 12.3. The molecule has 0 saturated carbocycles. The van der Waals surface area contributed by atoms with E-state index in [0.717, 1.165) is 0 Å². The number of sulfonamides is 1. The van der Waals surface area contributed by atoms with E-state index in [4.69, 9.17) is 5.73 Å². The van der Waals surface area contributed by atoms with Crippen LogP contribution in [0.4, 0.5) is 5.69 Å². The van der Waals surface area contributed by atoms with Crippen LogP contribution >= 0.6 is 0 Å². The fraction of sp³-hybridized carbons (Fsp3) is 0.250. The number of nitrogen functional groups attached to an aromatic ring is 1. The fourth-order valence-corrected chi connectivity index (χ4v) is 3.32.